The number of nitrogens with zero attached hydrogens (tertiary/aromatic N) is 5. The van der Waals surface area contributed by atoms with Gasteiger partial charge in [-0.1, -0.05) is 37.1 Å². The summed E-state index contributed by atoms with van der Waals surface area (Å²) in [6.07, 6.45) is 6.65. The van der Waals surface area contributed by atoms with E-state index in [0.29, 0.717) is 18.4 Å². The standard InChI is InChI=1S/C30H38FN7O6/c1-29(2,3)44-28(43)32-22-13-8-6-4-5-7-11-19-16-30(19,27(41)42)33-25(39)23-15-21(17-37(23)26(22)40)38-35-24(34-36-38)18-10-9-12-20(31)14-18/h7,9-12,14,19,21-23H,4-6,8,13,15-17H2,1-3H3,(H,32,43)(H,33,39)(H,41,42)/b11-7-/t19-,21-,22+,23+,30-/m1/s1. The average Bonchev–Trinajstić information content (AvgIpc) is 3.27. The quantitative estimate of drug-likeness (QED) is 0.440. The molecule has 1 aromatic carbocycles. The number of tetrazole rings is 1. The number of carbonyl (C=O) groups excluding carboxylic acids is 3. The first-order chi connectivity index (χ1) is 20.9. The Labute approximate surface area is 254 Å². The van der Waals surface area contributed by atoms with E-state index in [1.807, 2.05) is 12.2 Å². The van der Waals surface area contributed by atoms with Gasteiger partial charge in [-0.2, -0.15) is 4.80 Å². The summed E-state index contributed by atoms with van der Waals surface area (Å²) in [6.45, 7) is 5.16. The molecule has 2 aliphatic heterocycles. The van der Waals surface area contributed by atoms with Crippen molar-refractivity contribution in [2.45, 2.75) is 95.0 Å². The second kappa shape index (κ2) is 12.3. The minimum absolute atomic E-state index is 0.00573. The van der Waals surface area contributed by atoms with E-state index in [9.17, 15) is 28.7 Å². The van der Waals surface area contributed by atoms with Crippen LogP contribution in [0.25, 0.3) is 11.4 Å². The zero-order valence-electron chi connectivity index (χ0n) is 25.0. The predicted octanol–water partition coefficient (Wildman–Crippen LogP) is 2.99. The number of ether oxygens (including phenoxy) is 1. The number of fused-ring (bicyclic) bond motifs is 2. The molecule has 1 saturated carbocycles. The number of hydrogen-bond acceptors (Lipinski definition) is 8. The number of aliphatic carboxylic acids is 1. The molecule has 1 aromatic heterocycles. The van der Waals surface area contributed by atoms with Gasteiger partial charge in [0, 0.05) is 24.4 Å². The van der Waals surface area contributed by atoms with Crippen LogP contribution in [0.5, 0.6) is 0 Å². The Morgan fingerprint density at radius 2 is 2.00 bits per heavy atom. The van der Waals surface area contributed by atoms with E-state index >= 15 is 0 Å². The number of allylic oxidation sites excluding steroid dienone is 1. The molecule has 236 valence electrons. The molecule has 2 aromatic rings. The van der Waals surface area contributed by atoms with Gasteiger partial charge in [-0.05, 0) is 63.8 Å². The predicted molar refractivity (Wildman–Crippen MR) is 154 cm³/mol. The third-order valence-electron chi connectivity index (χ3n) is 8.17. The maximum absolute atomic E-state index is 14.1. The van der Waals surface area contributed by atoms with E-state index in [2.05, 4.69) is 26.0 Å². The lowest BCUT2D eigenvalue weighted by Crippen LogP contribution is -2.56. The summed E-state index contributed by atoms with van der Waals surface area (Å²) in [5, 5.41) is 28.0. The van der Waals surface area contributed by atoms with Crippen molar-refractivity contribution >= 4 is 23.9 Å². The highest BCUT2D eigenvalue weighted by Gasteiger charge is 2.61. The van der Waals surface area contributed by atoms with E-state index in [-0.39, 0.29) is 31.1 Å². The number of carboxylic acids is 1. The van der Waals surface area contributed by atoms with Gasteiger partial charge in [0.05, 0.1) is 6.04 Å². The zero-order valence-corrected chi connectivity index (χ0v) is 25.0. The second-order valence-corrected chi connectivity index (χ2v) is 12.7. The molecule has 14 heteroatoms. The first-order valence-corrected chi connectivity index (χ1v) is 14.9. The fraction of sp³-hybridized carbons (Fsp3) is 0.567. The van der Waals surface area contributed by atoms with E-state index in [1.54, 1.807) is 26.8 Å². The second-order valence-electron chi connectivity index (χ2n) is 12.7. The van der Waals surface area contributed by atoms with Crippen LogP contribution >= 0.6 is 0 Å². The molecule has 3 amide bonds. The Bertz CT molecular complexity index is 1460. The smallest absolute Gasteiger partial charge is 0.408 e. The van der Waals surface area contributed by atoms with E-state index in [0.717, 1.165) is 19.3 Å². The highest BCUT2D eigenvalue weighted by Crippen LogP contribution is 2.45. The SMILES string of the molecule is CC(C)(C)OC(=O)N[C@H]1CCCCC/C=C\[C@@H]2C[C@@]2(C(=O)O)NC(=O)[C@@H]2C[C@@H](n3nnc(-c4cccc(F)c4)n3)CN2C1=O. The fourth-order valence-corrected chi connectivity index (χ4v) is 5.82. The van der Waals surface area contributed by atoms with Crippen LogP contribution in [0.3, 0.4) is 0 Å². The third-order valence-corrected chi connectivity index (χ3v) is 8.17. The summed E-state index contributed by atoms with van der Waals surface area (Å²) in [7, 11) is 0. The minimum Gasteiger partial charge on any atom is -0.479 e. The molecular weight excluding hydrogens is 573 g/mol. The Morgan fingerprint density at radius 1 is 1.20 bits per heavy atom. The van der Waals surface area contributed by atoms with Crippen LogP contribution in [0, 0.1) is 11.7 Å². The first-order valence-electron chi connectivity index (χ1n) is 14.9. The summed E-state index contributed by atoms with van der Waals surface area (Å²) in [4.78, 5) is 55.6. The van der Waals surface area contributed by atoms with Gasteiger partial charge in [-0.15, -0.1) is 10.2 Å². The van der Waals surface area contributed by atoms with Crippen LogP contribution in [0.1, 0.15) is 71.8 Å². The van der Waals surface area contributed by atoms with Crippen molar-refractivity contribution in [2.75, 3.05) is 6.54 Å². The molecule has 3 aliphatic rings. The molecule has 0 radical (unpaired) electrons. The lowest BCUT2D eigenvalue weighted by atomic mass is 10.0. The fourth-order valence-electron chi connectivity index (χ4n) is 5.82. The van der Waals surface area contributed by atoms with Crippen LogP contribution in [-0.2, 0) is 19.1 Å². The number of aromatic nitrogens is 4. The van der Waals surface area contributed by atoms with E-state index in [1.165, 1.54) is 27.9 Å². The van der Waals surface area contributed by atoms with Crippen molar-refractivity contribution < 1.29 is 33.4 Å². The molecule has 1 aliphatic carbocycles. The van der Waals surface area contributed by atoms with Gasteiger partial charge in [0.1, 0.15) is 29.0 Å². The van der Waals surface area contributed by atoms with Crippen molar-refractivity contribution in [3.63, 3.8) is 0 Å². The summed E-state index contributed by atoms with van der Waals surface area (Å²) in [6, 6.07) is 3.10. The number of halogens is 1. The topological polar surface area (TPSA) is 169 Å². The third kappa shape index (κ3) is 6.89. The van der Waals surface area contributed by atoms with Gasteiger partial charge in [0.15, 0.2) is 0 Å². The molecule has 2 fully saturated rings. The van der Waals surface area contributed by atoms with Crippen LogP contribution in [0.4, 0.5) is 9.18 Å². The molecule has 3 heterocycles. The highest BCUT2D eigenvalue weighted by molar-refractivity contribution is 5.96. The molecule has 0 unspecified atom stereocenters. The average molecular weight is 612 g/mol. The lowest BCUT2D eigenvalue weighted by molar-refractivity contribution is -0.145. The van der Waals surface area contributed by atoms with Crippen molar-refractivity contribution in [1.29, 1.82) is 0 Å². The normalized spacial score (nSPS) is 28.5. The maximum Gasteiger partial charge on any atom is 0.408 e. The molecule has 0 bridgehead atoms. The van der Waals surface area contributed by atoms with Crippen molar-refractivity contribution in [3.05, 3.63) is 42.2 Å². The Morgan fingerprint density at radius 3 is 2.73 bits per heavy atom. The van der Waals surface area contributed by atoms with Crippen LogP contribution in [0.2, 0.25) is 0 Å². The van der Waals surface area contributed by atoms with Crippen LogP contribution in [-0.4, -0.2) is 83.9 Å². The monoisotopic (exact) mass is 611 g/mol. The maximum atomic E-state index is 14.1. The lowest BCUT2D eigenvalue weighted by Gasteiger charge is -2.30. The summed E-state index contributed by atoms with van der Waals surface area (Å²) in [5.41, 5.74) is -1.83. The number of amides is 3. The number of carbonyl (C=O) groups is 4. The largest absolute Gasteiger partial charge is 0.479 e. The van der Waals surface area contributed by atoms with Crippen molar-refractivity contribution in [3.8, 4) is 11.4 Å². The number of benzene rings is 1. The van der Waals surface area contributed by atoms with Gasteiger partial charge in [0.25, 0.3) is 0 Å². The molecule has 5 atom stereocenters. The summed E-state index contributed by atoms with van der Waals surface area (Å²) < 4.78 is 19.2. The highest BCUT2D eigenvalue weighted by atomic mass is 19.1. The van der Waals surface area contributed by atoms with Gasteiger partial charge >= 0.3 is 12.1 Å². The van der Waals surface area contributed by atoms with Gasteiger partial charge in [-0.25, -0.2) is 14.0 Å². The number of hydrogen-bond donors (Lipinski definition) is 3. The van der Waals surface area contributed by atoms with Crippen LogP contribution in [0.15, 0.2) is 36.4 Å². The summed E-state index contributed by atoms with van der Waals surface area (Å²) >= 11 is 0. The Balaban J connectivity index is 1.44. The van der Waals surface area contributed by atoms with Gasteiger partial charge in [-0.3, -0.25) is 9.59 Å². The Hall–Kier alpha value is -4.36. The van der Waals surface area contributed by atoms with Crippen molar-refractivity contribution in [1.82, 2.24) is 35.7 Å². The van der Waals surface area contributed by atoms with Crippen molar-refractivity contribution in [2.24, 2.45) is 5.92 Å². The molecule has 1 saturated heterocycles. The molecule has 5 rings (SSSR count). The first kappa shape index (κ1) is 31.1. The molecular formula is C30H38FN7O6. The number of carboxylic acid groups (broad SMARTS) is 1. The molecule has 0 spiro atoms. The Kier molecular flexibility index (Phi) is 8.71. The van der Waals surface area contributed by atoms with Gasteiger partial charge in [0.2, 0.25) is 17.6 Å². The number of alkyl carbamates (subject to hydrolysis) is 1. The van der Waals surface area contributed by atoms with E-state index < -0.39 is 59.0 Å². The van der Waals surface area contributed by atoms with Crippen LogP contribution < -0.4 is 10.6 Å². The van der Waals surface area contributed by atoms with E-state index in [4.69, 9.17) is 4.74 Å². The molecule has 44 heavy (non-hydrogen) atoms. The molecule has 13 nitrogen and oxygen atoms in total. The summed E-state index contributed by atoms with van der Waals surface area (Å²) in [5.74, 6) is -2.89. The number of nitrogens with one attached hydrogen (secondary N) is 2. The minimum atomic E-state index is -1.45. The number of rotatable bonds is 4. The van der Waals surface area contributed by atoms with Gasteiger partial charge < -0.3 is 25.4 Å². The zero-order chi connectivity index (χ0) is 31.6. The molecule has 3 N–H and O–H groups in total.